The number of halogens is 1. The molecule has 11 rings (SSSR count). The summed E-state index contributed by atoms with van der Waals surface area (Å²) in [4.78, 5) is 6.37. The summed E-state index contributed by atoms with van der Waals surface area (Å²) in [5.41, 5.74) is 20.4. The molecule has 6 nitrogen and oxygen atoms in total. The summed E-state index contributed by atoms with van der Waals surface area (Å²) in [6.07, 6.45) is 33.3. The average Bonchev–Trinajstić information content (AvgIpc) is 3.42. The second-order valence-electron chi connectivity index (χ2n) is 22.2. The number of para-hydroxylation sites is 2. The van der Waals surface area contributed by atoms with E-state index in [4.69, 9.17) is 20.8 Å². The van der Waals surface area contributed by atoms with Crippen LogP contribution in [0.25, 0.3) is 50.8 Å². The SMILES string of the molecule is CN(C)c1ccc(C(=C/C=C/C=C/C(=C2C=CC(=[N+](C)C)C=C2)c2ccc(N(C)C)cc2)c2ccc(N(C)C)cc2)cc1.ClC1=C(/C=C/c2cc(-c3ccccc3)[o+]c3ccccc23)CCC/C1=C\C=C1/C=C(c2ccccc2)Oc2ccccc21. The number of anilines is 3. The first-order chi connectivity index (χ1) is 41.9. The van der Waals surface area contributed by atoms with Gasteiger partial charge in [-0.05, 0) is 148 Å². The third-order valence-corrected chi connectivity index (χ3v) is 15.9. The molecule has 86 heavy (non-hydrogen) atoms. The third-order valence-electron chi connectivity index (χ3n) is 15.4. The molecule has 0 spiro atoms. The minimum atomic E-state index is 0.833. The molecule has 8 aromatic rings. The van der Waals surface area contributed by atoms with Crippen molar-refractivity contribution in [2.24, 2.45) is 0 Å². The van der Waals surface area contributed by atoms with Crippen LogP contribution in [-0.2, 0) is 0 Å². The van der Waals surface area contributed by atoms with Crippen molar-refractivity contribution in [1.29, 1.82) is 0 Å². The van der Waals surface area contributed by atoms with Gasteiger partial charge in [-0.2, -0.15) is 0 Å². The predicted molar refractivity (Wildman–Crippen MR) is 369 cm³/mol. The van der Waals surface area contributed by atoms with Gasteiger partial charge in [0.25, 0.3) is 0 Å². The zero-order valence-electron chi connectivity index (χ0n) is 50.6. The van der Waals surface area contributed by atoms with Gasteiger partial charge in [-0.1, -0.05) is 182 Å². The van der Waals surface area contributed by atoms with Crippen LogP contribution in [0.15, 0.2) is 293 Å². The predicted octanol–water partition coefficient (Wildman–Crippen LogP) is 19.2. The Morgan fingerprint density at radius 2 is 1.13 bits per heavy atom. The second kappa shape index (κ2) is 28.2. The van der Waals surface area contributed by atoms with Crippen molar-refractivity contribution >= 4 is 73.9 Å². The highest BCUT2D eigenvalue weighted by Crippen LogP contribution is 2.39. The van der Waals surface area contributed by atoms with E-state index in [1.54, 1.807) is 0 Å². The molecule has 0 saturated carbocycles. The van der Waals surface area contributed by atoms with Crippen molar-refractivity contribution in [3.63, 3.8) is 0 Å². The van der Waals surface area contributed by atoms with Gasteiger partial charge in [-0.3, -0.25) is 0 Å². The first-order valence-corrected chi connectivity index (χ1v) is 29.7. The Hall–Kier alpha value is -9.75. The number of allylic oxidation sites excluding steroid dienone is 19. The Morgan fingerprint density at radius 3 is 1.74 bits per heavy atom. The number of ether oxygens (including phenoxy) is 1. The zero-order valence-corrected chi connectivity index (χ0v) is 51.3. The minimum absolute atomic E-state index is 0.833. The van der Waals surface area contributed by atoms with Gasteiger partial charge in [0.2, 0.25) is 0 Å². The van der Waals surface area contributed by atoms with Crippen LogP contribution >= 0.6 is 11.6 Å². The van der Waals surface area contributed by atoms with E-state index < -0.39 is 0 Å². The summed E-state index contributed by atoms with van der Waals surface area (Å²) in [5, 5.41) is 1.91. The molecule has 0 bridgehead atoms. The molecule has 2 aliphatic carbocycles. The molecule has 1 aliphatic heterocycles. The summed E-state index contributed by atoms with van der Waals surface area (Å²) in [6.45, 7) is 0. The number of hydrogen-bond donors (Lipinski definition) is 0. The summed E-state index contributed by atoms with van der Waals surface area (Å²) in [6, 6.07) is 65.1. The maximum absolute atomic E-state index is 7.08. The molecule has 428 valence electrons. The van der Waals surface area contributed by atoms with Crippen molar-refractivity contribution in [3.05, 3.63) is 322 Å². The molecule has 2 heterocycles. The monoisotopic (exact) mass is 1150 g/mol. The van der Waals surface area contributed by atoms with Crippen LogP contribution in [0.5, 0.6) is 5.75 Å². The molecule has 7 heteroatoms. The highest BCUT2D eigenvalue weighted by atomic mass is 35.5. The standard InChI is InChI=1S/C40H30ClO2.C39H45N4/c41-40-30(22-24-32-26-38(28-12-3-1-4-13-28)42-36-20-9-7-18-34(32)36)16-11-17-31(40)23-25-33-27-39(29-14-5-2-6-15-29)43-37-21-10-8-19-35(33)37;1-40(2)34-22-14-30(15-23-34)38(31-16-24-35(25-17-31)41(3)4)12-10-9-11-13-39(32-18-26-36(27-19-32)42(5)6)33-20-28-37(29-21-33)43(7)8/h1-10,12-15,18-27H,11,16-17H2;9-29H,1-8H3/q2*+1. The highest BCUT2D eigenvalue weighted by Gasteiger charge is 2.21. The summed E-state index contributed by atoms with van der Waals surface area (Å²) in [7, 11) is 16.5. The van der Waals surface area contributed by atoms with Crippen LogP contribution in [0.4, 0.5) is 17.1 Å². The number of hydrogen-bond acceptors (Lipinski definition) is 4. The topological polar surface area (TPSA) is 33.3 Å². The Bertz CT molecular complexity index is 4030. The Labute approximate surface area is 514 Å². The summed E-state index contributed by atoms with van der Waals surface area (Å²) in [5.74, 6) is 2.54. The van der Waals surface area contributed by atoms with Crippen molar-refractivity contribution in [2.45, 2.75) is 19.3 Å². The average molecular weight is 1150 g/mol. The van der Waals surface area contributed by atoms with Gasteiger partial charge in [0.15, 0.2) is 5.71 Å². The van der Waals surface area contributed by atoms with Crippen LogP contribution in [-0.4, -0.2) is 66.7 Å². The van der Waals surface area contributed by atoms with Gasteiger partial charge < -0.3 is 19.4 Å². The van der Waals surface area contributed by atoms with Gasteiger partial charge in [-0.15, -0.1) is 0 Å². The molecular formula is C79H75ClN4O2+2. The van der Waals surface area contributed by atoms with E-state index in [1.807, 2.05) is 72.8 Å². The molecular weight excluding hydrogens is 1070 g/mol. The Balaban J connectivity index is 0.000000191. The maximum Gasteiger partial charge on any atom is 0.361 e. The van der Waals surface area contributed by atoms with Crippen molar-refractivity contribution < 1.29 is 13.7 Å². The number of rotatable bonds is 14. The molecule has 0 N–H and O–H groups in total. The van der Waals surface area contributed by atoms with Crippen LogP contribution < -0.4 is 19.4 Å². The van der Waals surface area contributed by atoms with Crippen LogP contribution in [0, 0.1) is 0 Å². The van der Waals surface area contributed by atoms with E-state index in [1.165, 1.54) is 56.2 Å². The molecule has 0 unspecified atom stereocenters. The first-order valence-electron chi connectivity index (χ1n) is 29.3. The van der Waals surface area contributed by atoms with E-state index in [0.29, 0.717) is 0 Å². The van der Waals surface area contributed by atoms with E-state index in [0.717, 1.165) is 91.5 Å². The molecule has 7 aromatic carbocycles. The number of benzene rings is 7. The normalized spacial score (nSPS) is 14.8. The minimum Gasteiger partial charge on any atom is -0.456 e. The lowest BCUT2D eigenvalue weighted by molar-refractivity contribution is -0.462. The highest BCUT2D eigenvalue weighted by molar-refractivity contribution is 6.32. The summed E-state index contributed by atoms with van der Waals surface area (Å²) < 4.78 is 14.7. The Morgan fingerprint density at radius 1 is 0.558 bits per heavy atom. The molecule has 1 aromatic heterocycles. The maximum atomic E-state index is 7.08. The van der Waals surface area contributed by atoms with Gasteiger partial charge in [-0.25, -0.2) is 8.99 Å². The van der Waals surface area contributed by atoms with Crippen LogP contribution in [0.1, 0.15) is 52.6 Å². The summed E-state index contributed by atoms with van der Waals surface area (Å²) >= 11 is 7.08. The lowest BCUT2D eigenvalue weighted by Gasteiger charge is -2.21. The fourth-order valence-corrected chi connectivity index (χ4v) is 10.8. The molecule has 3 aliphatic rings. The first kappa shape index (κ1) is 59.4. The van der Waals surface area contributed by atoms with Crippen LogP contribution in [0.3, 0.4) is 0 Å². The van der Waals surface area contributed by atoms with Gasteiger partial charge >= 0.3 is 11.3 Å². The smallest absolute Gasteiger partial charge is 0.361 e. The van der Waals surface area contributed by atoms with Crippen molar-refractivity contribution in [2.75, 3.05) is 71.1 Å². The molecule has 0 fully saturated rings. The number of fused-ring (bicyclic) bond motifs is 2. The van der Waals surface area contributed by atoms with E-state index in [-0.39, 0.29) is 0 Å². The number of nitrogens with zero attached hydrogens (tertiary/aromatic N) is 4. The lowest BCUT2D eigenvalue weighted by atomic mass is 9.92. The fourth-order valence-electron chi connectivity index (χ4n) is 10.5. The van der Waals surface area contributed by atoms with E-state index >= 15 is 0 Å². The van der Waals surface area contributed by atoms with Crippen molar-refractivity contribution in [3.8, 4) is 17.1 Å². The third kappa shape index (κ3) is 14.8. The van der Waals surface area contributed by atoms with Gasteiger partial charge in [0, 0.05) is 99.3 Å². The van der Waals surface area contributed by atoms with Crippen molar-refractivity contribution in [1.82, 2.24) is 0 Å². The second-order valence-corrected chi connectivity index (χ2v) is 22.6. The van der Waals surface area contributed by atoms with Gasteiger partial charge in [0.05, 0.1) is 17.0 Å². The molecule has 0 atom stereocenters. The van der Waals surface area contributed by atoms with E-state index in [2.05, 4.69) is 276 Å². The Kier molecular flexibility index (Phi) is 19.5. The van der Waals surface area contributed by atoms with E-state index in [9.17, 15) is 0 Å². The van der Waals surface area contributed by atoms with Gasteiger partial charge in [0.1, 0.15) is 25.6 Å². The lowest BCUT2D eigenvalue weighted by Crippen LogP contribution is -2.10. The largest absolute Gasteiger partial charge is 0.456 e. The van der Waals surface area contributed by atoms with Crippen LogP contribution in [0.2, 0.25) is 0 Å². The molecule has 0 saturated heterocycles. The molecule has 0 amide bonds. The quantitative estimate of drug-likeness (QED) is 0.0616. The molecule has 0 radical (unpaired) electrons. The fraction of sp³-hybridized carbons (Fsp3) is 0.139. The zero-order chi connectivity index (χ0) is 59.9.